The van der Waals surface area contributed by atoms with Gasteiger partial charge in [-0.15, -0.1) is 0 Å². The molecule has 0 aliphatic heterocycles. The van der Waals surface area contributed by atoms with Gasteiger partial charge in [0, 0.05) is 31.3 Å². The first-order valence-corrected chi connectivity index (χ1v) is 7.36. The highest BCUT2D eigenvalue weighted by Crippen LogP contribution is 2.33. The summed E-state index contributed by atoms with van der Waals surface area (Å²) >= 11 is 1.62. The first kappa shape index (κ1) is 14.8. The Hall–Kier alpha value is -1.56. The monoisotopic (exact) mass is 291 g/mol. The van der Waals surface area contributed by atoms with Crippen molar-refractivity contribution >= 4 is 17.6 Å². The summed E-state index contributed by atoms with van der Waals surface area (Å²) in [7, 11) is 3.80. The van der Waals surface area contributed by atoms with E-state index < -0.39 is 0 Å². The van der Waals surface area contributed by atoms with Gasteiger partial charge in [0.2, 0.25) is 0 Å². The maximum Gasteiger partial charge on any atom is 0.137 e. The second kappa shape index (κ2) is 5.44. The summed E-state index contributed by atoms with van der Waals surface area (Å²) in [6.45, 7) is 8.40. The topological polar surface area (TPSA) is 55.6 Å². The lowest BCUT2D eigenvalue weighted by atomic mass is 9.95. The maximum atomic E-state index is 4.73. The first-order valence-electron chi connectivity index (χ1n) is 6.54. The SMILES string of the molecule is CNc1nc(C(C)(C)C)nc(Sc2cnn(C)c2)c1C. The first-order chi connectivity index (χ1) is 9.31. The Morgan fingerprint density at radius 2 is 1.95 bits per heavy atom. The zero-order chi connectivity index (χ0) is 14.9. The summed E-state index contributed by atoms with van der Waals surface area (Å²) in [5.74, 6) is 1.73. The van der Waals surface area contributed by atoms with Crippen molar-refractivity contribution in [3.8, 4) is 0 Å². The number of rotatable bonds is 3. The number of hydrogen-bond donors (Lipinski definition) is 1. The molecular weight excluding hydrogens is 270 g/mol. The van der Waals surface area contributed by atoms with Crippen LogP contribution in [0.25, 0.3) is 0 Å². The van der Waals surface area contributed by atoms with E-state index >= 15 is 0 Å². The molecule has 1 N–H and O–H groups in total. The fraction of sp³-hybridized carbons (Fsp3) is 0.500. The molecule has 2 heterocycles. The highest BCUT2D eigenvalue weighted by atomic mass is 32.2. The van der Waals surface area contributed by atoms with Crippen molar-refractivity contribution < 1.29 is 0 Å². The van der Waals surface area contributed by atoms with E-state index in [0.717, 1.165) is 27.1 Å². The Morgan fingerprint density at radius 1 is 1.25 bits per heavy atom. The second-order valence-electron chi connectivity index (χ2n) is 5.78. The zero-order valence-corrected chi connectivity index (χ0v) is 13.7. The molecule has 2 rings (SSSR count). The van der Waals surface area contributed by atoms with Gasteiger partial charge in [-0.25, -0.2) is 9.97 Å². The van der Waals surface area contributed by atoms with Gasteiger partial charge in [0.25, 0.3) is 0 Å². The minimum absolute atomic E-state index is 0.0798. The lowest BCUT2D eigenvalue weighted by Crippen LogP contribution is -2.18. The van der Waals surface area contributed by atoms with Crippen molar-refractivity contribution in [3.63, 3.8) is 0 Å². The molecule has 0 fully saturated rings. The van der Waals surface area contributed by atoms with Crippen molar-refractivity contribution in [1.29, 1.82) is 0 Å². The fourth-order valence-electron chi connectivity index (χ4n) is 1.74. The molecular formula is C14H21N5S. The van der Waals surface area contributed by atoms with E-state index in [-0.39, 0.29) is 5.41 Å². The minimum Gasteiger partial charge on any atom is -0.373 e. The molecule has 5 nitrogen and oxygen atoms in total. The molecule has 0 atom stereocenters. The third-order valence-electron chi connectivity index (χ3n) is 2.90. The molecule has 2 aromatic rings. The molecule has 0 saturated carbocycles. The Kier molecular flexibility index (Phi) is 4.04. The minimum atomic E-state index is -0.0798. The predicted molar refractivity (Wildman–Crippen MR) is 82.3 cm³/mol. The summed E-state index contributed by atoms with van der Waals surface area (Å²) in [4.78, 5) is 10.4. The molecule has 0 aromatic carbocycles. The van der Waals surface area contributed by atoms with Crippen LogP contribution in [0.2, 0.25) is 0 Å². The fourth-order valence-corrected chi connectivity index (χ4v) is 2.65. The van der Waals surface area contributed by atoms with Crippen LogP contribution in [-0.4, -0.2) is 26.8 Å². The number of nitrogens with one attached hydrogen (secondary N) is 1. The molecule has 0 aliphatic carbocycles. The van der Waals surface area contributed by atoms with Crippen LogP contribution in [0.3, 0.4) is 0 Å². The van der Waals surface area contributed by atoms with Gasteiger partial charge >= 0.3 is 0 Å². The van der Waals surface area contributed by atoms with E-state index in [1.54, 1.807) is 16.4 Å². The van der Waals surface area contributed by atoms with E-state index in [1.807, 2.05) is 33.4 Å². The van der Waals surface area contributed by atoms with Gasteiger partial charge in [-0.1, -0.05) is 32.5 Å². The van der Waals surface area contributed by atoms with Crippen molar-refractivity contribution in [2.45, 2.75) is 43.0 Å². The third-order valence-corrected chi connectivity index (χ3v) is 3.94. The van der Waals surface area contributed by atoms with Gasteiger partial charge in [-0.3, -0.25) is 4.68 Å². The largest absolute Gasteiger partial charge is 0.373 e. The van der Waals surface area contributed by atoms with E-state index in [1.165, 1.54) is 0 Å². The molecule has 2 aromatic heterocycles. The van der Waals surface area contributed by atoms with Crippen molar-refractivity contribution in [3.05, 3.63) is 23.8 Å². The highest BCUT2D eigenvalue weighted by molar-refractivity contribution is 7.99. The van der Waals surface area contributed by atoms with Crippen LogP contribution in [0.4, 0.5) is 5.82 Å². The number of aryl methyl sites for hydroxylation is 1. The van der Waals surface area contributed by atoms with Gasteiger partial charge in [-0.2, -0.15) is 5.10 Å². The number of aromatic nitrogens is 4. The normalized spacial score (nSPS) is 11.7. The molecule has 0 saturated heterocycles. The number of hydrogen-bond acceptors (Lipinski definition) is 5. The van der Waals surface area contributed by atoms with Crippen LogP contribution in [0.15, 0.2) is 22.3 Å². The van der Waals surface area contributed by atoms with Gasteiger partial charge in [0.05, 0.1) is 11.1 Å². The molecule has 0 spiro atoms. The van der Waals surface area contributed by atoms with Crippen LogP contribution in [0.1, 0.15) is 32.2 Å². The number of anilines is 1. The lowest BCUT2D eigenvalue weighted by molar-refractivity contribution is 0.538. The van der Waals surface area contributed by atoms with Gasteiger partial charge in [0.1, 0.15) is 16.7 Å². The zero-order valence-electron chi connectivity index (χ0n) is 12.9. The average Bonchev–Trinajstić information content (AvgIpc) is 2.76. The number of nitrogens with zero attached hydrogens (tertiary/aromatic N) is 4. The Bertz CT molecular complexity index is 613. The Labute approximate surface area is 124 Å². The van der Waals surface area contributed by atoms with E-state index in [4.69, 9.17) is 4.98 Å². The van der Waals surface area contributed by atoms with E-state index in [9.17, 15) is 0 Å². The molecule has 6 heteroatoms. The van der Waals surface area contributed by atoms with Gasteiger partial charge < -0.3 is 5.32 Å². The molecule has 0 bridgehead atoms. The van der Waals surface area contributed by atoms with Crippen molar-refractivity contribution in [2.24, 2.45) is 7.05 Å². The molecule has 0 unspecified atom stereocenters. The summed E-state index contributed by atoms with van der Waals surface area (Å²) in [5.41, 5.74) is 0.984. The van der Waals surface area contributed by atoms with Crippen LogP contribution in [0, 0.1) is 6.92 Å². The van der Waals surface area contributed by atoms with Gasteiger partial charge in [0.15, 0.2) is 0 Å². The van der Waals surface area contributed by atoms with E-state index in [2.05, 4.69) is 36.2 Å². The highest BCUT2D eigenvalue weighted by Gasteiger charge is 2.21. The molecule has 0 aliphatic rings. The predicted octanol–water partition coefficient (Wildman–Crippen LogP) is 3.01. The molecule has 0 amide bonds. The van der Waals surface area contributed by atoms with Crippen LogP contribution >= 0.6 is 11.8 Å². The third kappa shape index (κ3) is 3.12. The summed E-state index contributed by atoms with van der Waals surface area (Å²) in [6, 6.07) is 0. The van der Waals surface area contributed by atoms with Gasteiger partial charge in [-0.05, 0) is 6.92 Å². The molecule has 108 valence electrons. The molecule has 0 radical (unpaired) electrons. The quantitative estimate of drug-likeness (QED) is 0.881. The van der Waals surface area contributed by atoms with Crippen LogP contribution < -0.4 is 5.32 Å². The summed E-state index contributed by atoms with van der Waals surface area (Å²) < 4.78 is 1.79. The summed E-state index contributed by atoms with van der Waals surface area (Å²) in [6.07, 6.45) is 3.84. The lowest BCUT2D eigenvalue weighted by Gasteiger charge is -2.19. The standard InChI is InChI=1S/C14H21N5S/c1-9-11(15-5)17-13(14(2,3)4)18-12(9)20-10-7-16-19(6)8-10/h7-8H,1-6H3,(H,15,17,18). The average molecular weight is 291 g/mol. The van der Waals surface area contributed by atoms with E-state index in [0.29, 0.717) is 0 Å². The second-order valence-corrected chi connectivity index (χ2v) is 6.84. The van der Waals surface area contributed by atoms with Crippen molar-refractivity contribution in [1.82, 2.24) is 19.7 Å². The Morgan fingerprint density at radius 3 is 2.45 bits per heavy atom. The smallest absolute Gasteiger partial charge is 0.137 e. The van der Waals surface area contributed by atoms with Crippen LogP contribution in [-0.2, 0) is 12.5 Å². The van der Waals surface area contributed by atoms with Crippen molar-refractivity contribution in [2.75, 3.05) is 12.4 Å². The Balaban J connectivity index is 2.45. The summed E-state index contributed by atoms with van der Waals surface area (Å²) in [5, 5.41) is 8.32. The van der Waals surface area contributed by atoms with Crippen LogP contribution in [0.5, 0.6) is 0 Å². The molecule has 20 heavy (non-hydrogen) atoms. The maximum absolute atomic E-state index is 4.73.